The molecule has 0 bridgehead atoms. The van der Waals surface area contributed by atoms with Gasteiger partial charge in [-0.05, 0) is 36.1 Å². The summed E-state index contributed by atoms with van der Waals surface area (Å²) < 4.78 is 11.7. The van der Waals surface area contributed by atoms with Crippen LogP contribution >= 0.6 is 0 Å². The Kier molecular flexibility index (Phi) is 4.36. The molecule has 1 saturated heterocycles. The molecule has 0 amide bonds. The topological polar surface area (TPSA) is 54.8 Å². The van der Waals surface area contributed by atoms with E-state index in [0.717, 1.165) is 38.0 Å². The van der Waals surface area contributed by atoms with E-state index in [1.807, 2.05) is 12.1 Å². The van der Waals surface area contributed by atoms with Gasteiger partial charge in [-0.3, -0.25) is 4.90 Å². The molecule has 5 nitrogen and oxygen atoms in total. The van der Waals surface area contributed by atoms with Crippen LogP contribution in [0.2, 0.25) is 0 Å². The van der Waals surface area contributed by atoms with Crippen molar-refractivity contribution in [1.29, 1.82) is 0 Å². The van der Waals surface area contributed by atoms with Crippen LogP contribution in [0, 0.1) is 0 Å². The number of ether oxygens (including phenoxy) is 2. The normalized spacial score (nSPS) is 21.6. The van der Waals surface area contributed by atoms with Crippen LogP contribution in [0.1, 0.15) is 30.1 Å². The number of rotatable bonds is 3. The Bertz CT molecular complexity index is 681. The van der Waals surface area contributed by atoms with E-state index in [-0.39, 0.29) is 12.2 Å². The molecule has 1 N–H and O–H groups in total. The van der Waals surface area contributed by atoms with Crippen LogP contribution in [0.15, 0.2) is 42.6 Å². The number of hydrogen-bond donors (Lipinski definition) is 1. The van der Waals surface area contributed by atoms with Crippen molar-refractivity contribution >= 4 is 0 Å². The fourth-order valence-electron chi connectivity index (χ4n) is 3.25. The maximum atomic E-state index is 9.59. The summed E-state index contributed by atoms with van der Waals surface area (Å²) in [4.78, 5) is 6.61. The number of piperidine rings is 1. The number of pyridine rings is 1. The average Bonchev–Trinajstić information content (AvgIpc) is 2.64. The Labute approximate surface area is 141 Å². The van der Waals surface area contributed by atoms with Crippen molar-refractivity contribution in [2.24, 2.45) is 0 Å². The van der Waals surface area contributed by atoms with Gasteiger partial charge in [-0.15, -0.1) is 0 Å². The van der Waals surface area contributed by atoms with Gasteiger partial charge in [0, 0.05) is 25.8 Å². The zero-order chi connectivity index (χ0) is 16.4. The first-order valence-corrected chi connectivity index (χ1v) is 8.51. The first kappa shape index (κ1) is 15.4. The molecule has 2 aromatic rings. The van der Waals surface area contributed by atoms with E-state index in [1.165, 1.54) is 5.56 Å². The van der Waals surface area contributed by atoms with Gasteiger partial charge in [0.15, 0.2) is 11.9 Å². The van der Waals surface area contributed by atoms with E-state index in [9.17, 15) is 5.11 Å². The Hall–Kier alpha value is -2.11. The lowest BCUT2D eigenvalue weighted by Crippen LogP contribution is -2.35. The number of aromatic nitrogens is 1. The maximum Gasteiger partial charge on any atom is 0.257 e. The first-order chi connectivity index (χ1) is 11.8. The SMILES string of the molecule is OC1CCN(Cc2ccc(C3COc4cccnc4O3)cc2)CC1. The predicted octanol–water partition coefficient (Wildman–Crippen LogP) is 2.55. The number of aliphatic hydroxyl groups is 1. The summed E-state index contributed by atoms with van der Waals surface area (Å²) in [6.45, 7) is 3.36. The highest BCUT2D eigenvalue weighted by Crippen LogP contribution is 2.33. The van der Waals surface area contributed by atoms with Crippen LogP contribution in [0.5, 0.6) is 11.6 Å². The van der Waals surface area contributed by atoms with Gasteiger partial charge >= 0.3 is 0 Å². The lowest BCUT2D eigenvalue weighted by atomic mass is 10.0. The Balaban J connectivity index is 1.39. The van der Waals surface area contributed by atoms with Crippen molar-refractivity contribution in [3.63, 3.8) is 0 Å². The third kappa shape index (κ3) is 3.37. The predicted molar refractivity (Wildman–Crippen MR) is 90.1 cm³/mol. The monoisotopic (exact) mass is 326 g/mol. The van der Waals surface area contributed by atoms with Gasteiger partial charge in [0.25, 0.3) is 5.88 Å². The highest BCUT2D eigenvalue weighted by atomic mass is 16.6. The van der Waals surface area contributed by atoms with Gasteiger partial charge in [-0.25, -0.2) is 4.98 Å². The minimum Gasteiger partial charge on any atom is -0.484 e. The van der Waals surface area contributed by atoms with Crippen LogP contribution < -0.4 is 9.47 Å². The molecule has 2 aliphatic heterocycles. The van der Waals surface area contributed by atoms with Crippen molar-refractivity contribution in [1.82, 2.24) is 9.88 Å². The van der Waals surface area contributed by atoms with Gasteiger partial charge < -0.3 is 14.6 Å². The molecule has 1 atom stereocenters. The standard InChI is InChI=1S/C19H22N2O3/c22-16-7-10-21(11-8-16)12-14-3-5-15(6-4-14)18-13-23-17-2-1-9-20-19(17)24-18/h1-6,9,16,18,22H,7-8,10-13H2. The molecular weight excluding hydrogens is 304 g/mol. The lowest BCUT2D eigenvalue weighted by molar-refractivity contribution is 0.0790. The molecule has 0 saturated carbocycles. The summed E-state index contributed by atoms with van der Waals surface area (Å²) in [5, 5.41) is 9.59. The van der Waals surface area contributed by atoms with Crippen LogP contribution in [0.25, 0.3) is 0 Å². The fourth-order valence-corrected chi connectivity index (χ4v) is 3.25. The Morgan fingerprint density at radius 1 is 1.12 bits per heavy atom. The summed E-state index contributed by atoms with van der Waals surface area (Å²) in [6, 6.07) is 12.2. The molecule has 4 rings (SSSR count). The van der Waals surface area contributed by atoms with Crippen molar-refractivity contribution < 1.29 is 14.6 Å². The molecule has 0 spiro atoms. The number of hydrogen-bond acceptors (Lipinski definition) is 5. The quantitative estimate of drug-likeness (QED) is 0.939. The first-order valence-electron chi connectivity index (χ1n) is 8.51. The summed E-state index contributed by atoms with van der Waals surface area (Å²) in [5.74, 6) is 1.27. The molecular formula is C19H22N2O3. The van der Waals surface area contributed by atoms with E-state index in [0.29, 0.717) is 18.2 Å². The average molecular weight is 326 g/mol. The second-order valence-electron chi connectivity index (χ2n) is 6.47. The van der Waals surface area contributed by atoms with Gasteiger partial charge in [0.05, 0.1) is 6.10 Å². The summed E-state index contributed by atoms with van der Waals surface area (Å²) in [6.07, 6.45) is 3.22. The molecule has 2 aliphatic rings. The van der Waals surface area contributed by atoms with E-state index in [2.05, 4.69) is 34.1 Å². The van der Waals surface area contributed by atoms with Crippen LogP contribution in [-0.4, -0.2) is 40.8 Å². The number of benzene rings is 1. The molecule has 1 aromatic heterocycles. The summed E-state index contributed by atoms with van der Waals surface area (Å²) in [7, 11) is 0. The minimum atomic E-state index is -0.122. The van der Waals surface area contributed by atoms with Crippen LogP contribution in [-0.2, 0) is 6.54 Å². The zero-order valence-electron chi connectivity index (χ0n) is 13.6. The Morgan fingerprint density at radius 2 is 1.92 bits per heavy atom. The van der Waals surface area contributed by atoms with Gasteiger partial charge in [-0.2, -0.15) is 0 Å². The van der Waals surface area contributed by atoms with E-state index in [1.54, 1.807) is 6.20 Å². The number of aliphatic hydroxyl groups excluding tert-OH is 1. The molecule has 5 heteroatoms. The zero-order valence-corrected chi connectivity index (χ0v) is 13.6. The van der Waals surface area contributed by atoms with Gasteiger partial charge in [0.2, 0.25) is 0 Å². The minimum absolute atomic E-state index is 0.119. The van der Waals surface area contributed by atoms with Crippen molar-refractivity contribution in [3.05, 3.63) is 53.7 Å². The van der Waals surface area contributed by atoms with E-state index < -0.39 is 0 Å². The van der Waals surface area contributed by atoms with Crippen LogP contribution in [0.4, 0.5) is 0 Å². The third-order valence-corrected chi connectivity index (χ3v) is 4.70. The summed E-state index contributed by atoms with van der Waals surface area (Å²) >= 11 is 0. The largest absolute Gasteiger partial charge is 0.484 e. The maximum absolute atomic E-state index is 9.59. The molecule has 24 heavy (non-hydrogen) atoms. The second kappa shape index (κ2) is 6.79. The fraction of sp³-hybridized carbons (Fsp3) is 0.421. The highest BCUT2D eigenvalue weighted by molar-refractivity contribution is 5.35. The second-order valence-corrected chi connectivity index (χ2v) is 6.47. The number of fused-ring (bicyclic) bond motifs is 1. The third-order valence-electron chi connectivity index (χ3n) is 4.70. The highest BCUT2D eigenvalue weighted by Gasteiger charge is 2.23. The lowest BCUT2D eigenvalue weighted by Gasteiger charge is -2.29. The smallest absolute Gasteiger partial charge is 0.257 e. The van der Waals surface area contributed by atoms with Crippen molar-refractivity contribution in [3.8, 4) is 11.6 Å². The molecule has 1 fully saturated rings. The Morgan fingerprint density at radius 3 is 2.71 bits per heavy atom. The van der Waals surface area contributed by atoms with Crippen LogP contribution in [0.3, 0.4) is 0 Å². The molecule has 0 radical (unpaired) electrons. The molecule has 0 aliphatic carbocycles. The van der Waals surface area contributed by atoms with Crippen molar-refractivity contribution in [2.45, 2.75) is 31.6 Å². The molecule has 126 valence electrons. The van der Waals surface area contributed by atoms with Gasteiger partial charge in [-0.1, -0.05) is 24.3 Å². The van der Waals surface area contributed by atoms with E-state index in [4.69, 9.17) is 9.47 Å². The molecule has 1 aromatic carbocycles. The van der Waals surface area contributed by atoms with E-state index >= 15 is 0 Å². The number of likely N-dealkylation sites (tertiary alicyclic amines) is 1. The van der Waals surface area contributed by atoms with Gasteiger partial charge in [0.1, 0.15) is 6.61 Å². The van der Waals surface area contributed by atoms with Crippen molar-refractivity contribution in [2.75, 3.05) is 19.7 Å². The molecule has 3 heterocycles. The summed E-state index contributed by atoms with van der Waals surface area (Å²) in [5.41, 5.74) is 2.38. The number of nitrogens with zero attached hydrogens (tertiary/aromatic N) is 2. The molecule has 1 unspecified atom stereocenters.